The monoisotopic (exact) mass is 150 g/mol. The summed E-state index contributed by atoms with van der Waals surface area (Å²) in [7, 11) is 0. The third-order valence-electron chi connectivity index (χ3n) is 1.34. The van der Waals surface area contributed by atoms with Crippen LogP contribution in [0.3, 0.4) is 0 Å². The second kappa shape index (κ2) is 3.80. The van der Waals surface area contributed by atoms with E-state index in [0.717, 1.165) is 5.69 Å². The van der Waals surface area contributed by atoms with Gasteiger partial charge in [-0.25, -0.2) is 15.4 Å². The number of hydrazine groups is 1. The number of hydrogen-bond acceptors (Lipinski definition) is 4. The van der Waals surface area contributed by atoms with Crippen LogP contribution in [0.5, 0.6) is 0 Å². The van der Waals surface area contributed by atoms with Gasteiger partial charge in [0.2, 0.25) is 0 Å². The number of rotatable bonds is 3. The minimum absolute atomic E-state index is 0.0991. The number of hydrogen-bond donors (Lipinski definition) is 2. The average Bonchev–Trinajstić information content (AvgIpc) is 2.09. The van der Waals surface area contributed by atoms with Crippen molar-refractivity contribution in [3.8, 4) is 0 Å². The summed E-state index contributed by atoms with van der Waals surface area (Å²) in [4.78, 5) is 7.78. The summed E-state index contributed by atoms with van der Waals surface area (Å²) in [6, 6.07) is 1.68. The van der Waals surface area contributed by atoms with Crippen LogP contribution in [-0.2, 0) is 0 Å². The van der Waals surface area contributed by atoms with Gasteiger partial charge in [0.1, 0.15) is 6.33 Å². The summed E-state index contributed by atoms with van der Waals surface area (Å²) in [5.74, 6) is 5.23. The highest BCUT2D eigenvalue weighted by molar-refractivity contribution is 5.09. The minimum atomic E-state index is -0.0991. The third kappa shape index (κ3) is 1.83. The van der Waals surface area contributed by atoms with Gasteiger partial charge in [0.15, 0.2) is 0 Å². The highest BCUT2D eigenvalue weighted by Gasteiger charge is 2.03. The van der Waals surface area contributed by atoms with E-state index in [0.29, 0.717) is 0 Å². The van der Waals surface area contributed by atoms with Crippen LogP contribution in [0.4, 0.5) is 0 Å². The van der Waals surface area contributed by atoms with E-state index in [1.807, 2.05) is 0 Å². The maximum atomic E-state index is 5.23. The fraction of sp³-hybridized carbons (Fsp3) is 0.143. The fourth-order valence-corrected chi connectivity index (χ4v) is 0.759. The molecule has 0 aliphatic heterocycles. The fourth-order valence-electron chi connectivity index (χ4n) is 0.759. The normalized spacial score (nSPS) is 12.5. The Balaban J connectivity index is 2.82. The van der Waals surface area contributed by atoms with E-state index in [9.17, 15) is 0 Å². The van der Waals surface area contributed by atoms with Crippen LogP contribution >= 0.6 is 0 Å². The zero-order valence-electron chi connectivity index (χ0n) is 6.07. The largest absolute Gasteiger partial charge is 0.271 e. The van der Waals surface area contributed by atoms with Gasteiger partial charge in [-0.2, -0.15) is 0 Å². The summed E-state index contributed by atoms with van der Waals surface area (Å²) < 4.78 is 0. The summed E-state index contributed by atoms with van der Waals surface area (Å²) in [5, 5.41) is 0. The topological polar surface area (TPSA) is 63.8 Å². The van der Waals surface area contributed by atoms with E-state index in [4.69, 9.17) is 5.84 Å². The van der Waals surface area contributed by atoms with Crippen molar-refractivity contribution in [3.05, 3.63) is 36.9 Å². The maximum Gasteiger partial charge on any atom is 0.115 e. The molecule has 0 saturated carbocycles. The lowest BCUT2D eigenvalue weighted by molar-refractivity contribution is 0.638. The number of nitrogens with zero attached hydrogens (tertiary/aromatic N) is 2. The highest BCUT2D eigenvalue weighted by Crippen LogP contribution is 2.06. The van der Waals surface area contributed by atoms with Gasteiger partial charge in [-0.05, 0) is 6.07 Å². The molecule has 0 spiro atoms. The lowest BCUT2D eigenvalue weighted by Crippen LogP contribution is -2.26. The molecule has 1 rings (SSSR count). The van der Waals surface area contributed by atoms with E-state index in [1.54, 1.807) is 18.3 Å². The first-order valence-electron chi connectivity index (χ1n) is 3.23. The molecule has 4 heteroatoms. The smallest absolute Gasteiger partial charge is 0.115 e. The van der Waals surface area contributed by atoms with Gasteiger partial charge in [-0.3, -0.25) is 5.84 Å². The maximum absolute atomic E-state index is 5.23. The van der Waals surface area contributed by atoms with E-state index < -0.39 is 0 Å². The Bertz CT molecular complexity index is 221. The molecule has 0 radical (unpaired) electrons. The van der Waals surface area contributed by atoms with E-state index in [1.165, 1.54) is 6.33 Å². The van der Waals surface area contributed by atoms with Crippen LogP contribution in [-0.4, -0.2) is 9.97 Å². The van der Waals surface area contributed by atoms with Gasteiger partial charge in [0.25, 0.3) is 0 Å². The molecule has 1 unspecified atom stereocenters. The third-order valence-corrected chi connectivity index (χ3v) is 1.34. The Morgan fingerprint density at radius 3 is 3.00 bits per heavy atom. The minimum Gasteiger partial charge on any atom is -0.271 e. The van der Waals surface area contributed by atoms with E-state index >= 15 is 0 Å². The molecule has 0 amide bonds. The van der Waals surface area contributed by atoms with Crippen LogP contribution < -0.4 is 11.3 Å². The molecule has 4 nitrogen and oxygen atoms in total. The molecule has 0 aliphatic carbocycles. The predicted octanol–water partition coefficient (Wildman–Crippen LogP) is 0.167. The molecule has 0 fully saturated rings. The Labute approximate surface area is 65.1 Å². The molecule has 0 aliphatic rings. The van der Waals surface area contributed by atoms with Crippen molar-refractivity contribution in [2.75, 3.05) is 0 Å². The summed E-state index contributed by atoms with van der Waals surface area (Å²) >= 11 is 0. The standard InChI is InChI=1S/C7H10N4/c1-2-6(11-8)7-3-4-9-5-10-7/h2-6,11H,1,8H2. The highest BCUT2D eigenvalue weighted by atomic mass is 15.2. The first-order chi connectivity index (χ1) is 5.38. The second-order valence-electron chi connectivity index (χ2n) is 2.01. The molecule has 0 bridgehead atoms. The Morgan fingerprint density at radius 2 is 2.55 bits per heavy atom. The molecular weight excluding hydrogens is 140 g/mol. The summed E-state index contributed by atoms with van der Waals surface area (Å²) in [5.41, 5.74) is 3.38. The molecular formula is C7H10N4. The second-order valence-corrected chi connectivity index (χ2v) is 2.01. The lowest BCUT2D eigenvalue weighted by atomic mass is 10.2. The Hall–Kier alpha value is -1.26. The Kier molecular flexibility index (Phi) is 2.71. The average molecular weight is 150 g/mol. The van der Waals surface area contributed by atoms with Crippen molar-refractivity contribution in [1.82, 2.24) is 15.4 Å². The summed E-state index contributed by atoms with van der Waals surface area (Å²) in [6.07, 6.45) is 4.82. The van der Waals surface area contributed by atoms with Gasteiger partial charge in [0.05, 0.1) is 11.7 Å². The van der Waals surface area contributed by atoms with Crippen LogP contribution in [0.2, 0.25) is 0 Å². The zero-order valence-corrected chi connectivity index (χ0v) is 6.07. The van der Waals surface area contributed by atoms with Crippen LogP contribution in [0, 0.1) is 0 Å². The molecule has 3 N–H and O–H groups in total. The van der Waals surface area contributed by atoms with Gasteiger partial charge < -0.3 is 0 Å². The van der Waals surface area contributed by atoms with Crippen LogP contribution in [0.25, 0.3) is 0 Å². The zero-order chi connectivity index (χ0) is 8.10. The van der Waals surface area contributed by atoms with Gasteiger partial charge in [-0.15, -0.1) is 6.58 Å². The van der Waals surface area contributed by atoms with Crippen molar-refractivity contribution in [3.63, 3.8) is 0 Å². The molecule has 0 saturated heterocycles. The van der Waals surface area contributed by atoms with Gasteiger partial charge >= 0.3 is 0 Å². The summed E-state index contributed by atoms with van der Waals surface area (Å²) in [6.45, 7) is 3.61. The van der Waals surface area contributed by atoms with E-state index in [2.05, 4.69) is 22.0 Å². The van der Waals surface area contributed by atoms with Gasteiger partial charge in [0, 0.05) is 6.20 Å². The van der Waals surface area contributed by atoms with Crippen molar-refractivity contribution in [2.45, 2.75) is 6.04 Å². The van der Waals surface area contributed by atoms with Crippen molar-refractivity contribution < 1.29 is 0 Å². The SMILES string of the molecule is C=CC(NN)c1ccncn1. The van der Waals surface area contributed by atoms with Crippen LogP contribution in [0.1, 0.15) is 11.7 Å². The van der Waals surface area contributed by atoms with Crippen molar-refractivity contribution in [2.24, 2.45) is 5.84 Å². The van der Waals surface area contributed by atoms with Gasteiger partial charge in [-0.1, -0.05) is 6.08 Å². The molecule has 11 heavy (non-hydrogen) atoms. The molecule has 1 aromatic heterocycles. The van der Waals surface area contributed by atoms with Crippen molar-refractivity contribution >= 4 is 0 Å². The first-order valence-corrected chi connectivity index (χ1v) is 3.23. The molecule has 1 atom stereocenters. The molecule has 1 heterocycles. The molecule has 1 aromatic rings. The number of nitrogens with two attached hydrogens (primary N) is 1. The lowest BCUT2D eigenvalue weighted by Gasteiger charge is -2.08. The van der Waals surface area contributed by atoms with Crippen molar-refractivity contribution in [1.29, 1.82) is 0 Å². The van der Waals surface area contributed by atoms with E-state index in [-0.39, 0.29) is 6.04 Å². The van der Waals surface area contributed by atoms with Crippen LogP contribution in [0.15, 0.2) is 31.2 Å². The molecule has 58 valence electrons. The quantitative estimate of drug-likeness (QED) is 0.366. The number of aromatic nitrogens is 2. The Morgan fingerprint density at radius 1 is 1.73 bits per heavy atom. The molecule has 0 aromatic carbocycles. The predicted molar refractivity (Wildman–Crippen MR) is 42.3 cm³/mol. The number of nitrogens with one attached hydrogen (secondary N) is 1. The first kappa shape index (κ1) is 7.84.